The van der Waals surface area contributed by atoms with Gasteiger partial charge >= 0.3 is 5.97 Å². The van der Waals surface area contributed by atoms with Gasteiger partial charge in [-0.1, -0.05) is 48.2 Å². The van der Waals surface area contributed by atoms with E-state index < -0.39 is 9.84 Å². The minimum atomic E-state index is -3.60. The third-order valence-electron chi connectivity index (χ3n) is 3.82. The Balaban J connectivity index is 1.92. The average Bonchev–Trinajstić information content (AvgIpc) is 3.09. The molecule has 3 aromatic rings. The molecule has 7 nitrogen and oxygen atoms in total. The van der Waals surface area contributed by atoms with E-state index in [2.05, 4.69) is 10.2 Å². The van der Waals surface area contributed by atoms with Crippen molar-refractivity contribution in [1.29, 1.82) is 0 Å². The number of sulfone groups is 1. The summed E-state index contributed by atoms with van der Waals surface area (Å²) in [7, 11) is -3.60. The fourth-order valence-electron chi connectivity index (χ4n) is 2.63. The first kappa shape index (κ1) is 21.1. The summed E-state index contributed by atoms with van der Waals surface area (Å²) in [5.41, 5.74) is 0.718. The summed E-state index contributed by atoms with van der Waals surface area (Å²) >= 11 is 1.15. The molecule has 0 fully saturated rings. The van der Waals surface area contributed by atoms with Crippen molar-refractivity contribution >= 4 is 27.6 Å². The van der Waals surface area contributed by atoms with Crippen LogP contribution in [0.4, 0.5) is 0 Å². The molecule has 3 rings (SSSR count). The zero-order valence-corrected chi connectivity index (χ0v) is 17.7. The molecule has 0 saturated carbocycles. The number of ether oxygens (including phenoxy) is 1. The van der Waals surface area contributed by atoms with Crippen LogP contribution in [0.1, 0.15) is 19.7 Å². The molecular formula is C20H21N3O4S2. The van der Waals surface area contributed by atoms with Crippen LogP contribution < -0.4 is 0 Å². The largest absolute Gasteiger partial charge is 0.462 e. The zero-order valence-electron chi connectivity index (χ0n) is 16.1. The molecule has 0 amide bonds. The predicted octanol–water partition coefficient (Wildman–Crippen LogP) is 3.28. The maximum atomic E-state index is 12.8. The Morgan fingerprint density at radius 1 is 1.03 bits per heavy atom. The lowest BCUT2D eigenvalue weighted by Gasteiger charge is -2.11. The molecule has 0 N–H and O–H groups in total. The number of carbonyl (C=O) groups excluding carboxylic acids is 1. The van der Waals surface area contributed by atoms with Gasteiger partial charge in [-0.3, -0.25) is 9.36 Å². The molecule has 0 aliphatic heterocycles. The SMILES string of the molecule is CC(C)OC(=O)CSc1nnc(CS(=O)(=O)c2ccccc2)n1-c1ccccc1. The van der Waals surface area contributed by atoms with E-state index in [1.54, 1.807) is 48.7 Å². The Kier molecular flexibility index (Phi) is 6.71. The lowest BCUT2D eigenvalue weighted by molar-refractivity contribution is -0.144. The van der Waals surface area contributed by atoms with Crippen LogP contribution in [-0.2, 0) is 25.1 Å². The zero-order chi connectivity index (χ0) is 20.9. The van der Waals surface area contributed by atoms with Crippen molar-refractivity contribution in [3.05, 3.63) is 66.5 Å². The second-order valence-corrected chi connectivity index (χ2v) is 9.40. The number of hydrogen-bond donors (Lipinski definition) is 0. The quantitative estimate of drug-likeness (QED) is 0.399. The molecule has 0 spiro atoms. The van der Waals surface area contributed by atoms with Gasteiger partial charge in [-0.15, -0.1) is 10.2 Å². The fraction of sp³-hybridized carbons (Fsp3) is 0.250. The number of hydrogen-bond acceptors (Lipinski definition) is 7. The van der Waals surface area contributed by atoms with Gasteiger partial charge in [-0.2, -0.15) is 0 Å². The van der Waals surface area contributed by atoms with Crippen molar-refractivity contribution in [3.63, 3.8) is 0 Å². The Bertz CT molecular complexity index is 1070. The van der Waals surface area contributed by atoms with Gasteiger partial charge in [0, 0.05) is 5.69 Å². The third kappa shape index (κ3) is 5.45. The number of carbonyl (C=O) groups is 1. The lowest BCUT2D eigenvalue weighted by atomic mass is 10.3. The van der Waals surface area contributed by atoms with Crippen LogP contribution in [0.25, 0.3) is 5.69 Å². The van der Waals surface area contributed by atoms with Crippen LogP contribution in [0.15, 0.2) is 70.7 Å². The molecular weight excluding hydrogens is 410 g/mol. The van der Waals surface area contributed by atoms with Gasteiger partial charge < -0.3 is 4.74 Å². The Morgan fingerprint density at radius 3 is 2.28 bits per heavy atom. The van der Waals surface area contributed by atoms with Crippen molar-refractivity contribution in [2.45, 2.75) is 35.8 Å². The van der Waals surface area contributed by atoms with Gasteiger partial charge in [0.05, 0.1) is 16.8 Å². The summed E-state index contributed by atoms with van der Waals surface area (Å²) < 4.78 is 32.4. The minimum absolute atomic E-state index is 0.0502. The summed E-state index contributed by atoms with van der Waals surface area (Å²) in [5.74, 6) is -0.351. The van der Waals surface area contributed by atoms with E-state index >= 15 is 0 Å². The first-order chi connectivity index (χ1) is 13.9. The van der Waals surface area contributed by atoms with E-state index in [-0.39, 0.29) is 34.3 Å². The highest BCUT2D eigenvalue weighted by Gasteiger charge is 2.23. The molecule has 2 aromatic carbocycles. The number of aromatic nitrogens is 3. The maximum Gasteiger partial charge on any atom is 0.316 e. The summed E-state index contributed by atoms with van der Waals surface area (Å²) in [5, 5.41) is 8.65. The van der Waals surface area contributed by atoms with Crippen molar-refractivity contribution in [1.82, 2.24) is 14.8 Å². The monoisotopic (exact) mass is 431 g/mol. The van der Waals surface area contributed by atoms with Gasteiger partial charge in [0.1, 0.15) is 5.75 Å². The minimum Gasteiger partial charge on any atom is -0.462 e. The smallest absolute Gasteiger partial charge is 0.316 e. The van der Waals surface area contributed by atoms with E-state index in [1.807, 2.05) is 30.3 Å². The van der Waals surface area contributed by atoms with Crippen LogP contribution in [0.5, 0.6) is 0 Å². The van der Waals surface area contributed by atoms with Gasteiger partial charge in [0.25, 0.3) is 0 Å². The standard InChI is InChI=1S/C20H21N3O4S2/c1-15(2)27-19(24)13-28-20-22-21-18(23(20)16-9-5-3-6-10-16)14-29(25,26)17-11-7-4-8-12-17/h3-12,15H,13-14H2,1-2H3. The summed E-state index contributed by atoms with van der Waals surface area (Å²) in [6.45, 7) is 3.56. The fourth-order valence-corrected chi connectivity index (χ4v) is 4.64. The number of esters is 1. The van der Waals surface area contributed by atoms with E-state index in [9.17, 15) is 13.2 Å². The molecule has 1 heterocycles. The van der Waals surface area contributed by atoms with E-state index in [0.29, 0.717) is 5.16 Å². The van der Waals surface area contributed by atoms with Crippen molar-refractivity contribution in [2.75, 3.05) is 5.75 Å². The summed E-state index contributed by atoms with van der Waals surface area (Å²) in [4.78, 5) is 12.1. The van der Waals surface area contributed by atoms with E-state index in [4.69, 9.17) is 4.74 Å². The third-order valence-corrected chi connectivity index (χ3v) is 6.35. The number of thioether (sulfide) groups is 1. The number of benzene rings is 2. The molecule has 1 aromatic heterocycles. The summed E-state index contributed by atoms with van der Waals surface area (Å²) in [6.07, 6.45) is -0.207. The van der Waals surface area contributed by atoms with Crippen LogP contribution in [0, 0.1) is 0 Å². The van der Waals surface area contributed by atoms with Gasteiger partial charge in [0.2, 0.25) is 0 Å². The normalized spacial score (nSPS) is 11.6. The van der Waals surface area contributed by atoms with Crippen molar-refractivity contribution in [2.24, 2.45) is 0 Å². The molecule has 29 heavy (non-hydrogen) atoms. The second-order valence-electron chi connectivity index (χ2n) is 6.47. The molecule has 0 radical (unpaired) electrons. The molecule has 152 valence electrons. The molecule has 0 aliphatic carbocycles. The van der Waals surface area contributed by atoms with Crippen LogP contribution in [0.2, 0.25) is 0 Å². The molecule has 0 aliphatic rings. The topological polar surface area (TPSA) is 91.2 Å². The molecule has 0 bridgehead atoms. The van der Waals surface area contributed by atoms with Gasteiger partial charge in [-0.25, -0.2) is 8.42 Å². The highest BCUT2D eigenvalue weighted by atomic mass is 32.2. The lowest BCUT2D eigenvalue weighted by Crippen LogP contribution is -2.14. The van der Waals surface area contributed by atoms with Gasteiger partial charge in [-0.05, 0) is 38.1 Å². The van der Waals surface area contributed by atoms with Gasteiger partial charge in [0.15, 0.2) is 20.8 Å². The Morgan fingerprint density at radius 2 is 1.66 bits per heavy atom. The number of rotatable bonds is 8. The first-order valence-corrected chi connectivity index (χ1v) is 11.6. The Hall–Kier alpha value is -2.65. The van der Waals surface area contributed by atoms with E-state index in [0.717, 1.165) is 17.4 Å². The van der Waals surface area contributed by atoms with Crippen molar-refractivity contribution < 1.29 is 17.9 Å². The number of para-hydroxylation sites is 1. The maximum absolute atomic E-state index is 12.8. The summed E-state index contributed by atoms with van der Waals surface area (Å²) in [6, 6.07) is 17.4. The molecule has 0 saturated heterocycles. The van der Waals surface area contributed by atoms with Crippen LogP contribution in [-0.4, -0.2) is 41.0 Å². The Labute approximate surface area is 174 Å². The molecule has 0 atom stereocenters. The van der Waals surface area contributed by atoms with Crippen LogP contribution in [0.3, 0.4) is 0 Å². The predicted molar refractivity (Wildman–Crippen MR) is 111 cm³/mol. The number of nitrogens with zero attached hydrogens (tertiary/aromatic N) is 3. The highest BCUT2D eigenvalue weighted by molar-refractivity contribution is 7.99. The molecule has 0 unspecified atom stereocenters. The van der Waals surface area contributed by atoms with Crippen molar-refractivity contribution in [3.8, 4) is 5.69 Å². The second kappa shape index (κ2) is 9.23. The molecule has 9 heteroatoms. The van der Waals surface area contributed by atoms with Crippen LogP contribution >= 0.6 is 11.8 Å². The highest BCUT2D eigenvalue weighted by Crippen LogP contribution is 2.25. The average molecular weight is 432 g/mol. The first-order valence-electron chi connectivity index (χ1n) is 8.96. The van der Waals surface area contributed by atoms with E-state index in [1.165, 1.54) is 0 Å².